The average Bonchev–Trinajstić information content (AvgIpc) is 2.36. The van der Waals surface area contributed by atoms with Crippen LogP contribution < -0.4 is 5.32 Å². The summed E-state index contributed by atoms with van der Waals surface area (Å²) >= 11 is 0. The van der Waals surface area contributed by atoms with Crippen LogP contribution in [-0.2, 0) is 14.3 Å². The standard InChI is InChI=1S/C77H151NO8/c1-3-5-7-9-11-13-15-17-19-21-23-25-27-28-29-30-31-32-33-34-35-36-37-38-39-40-41-42-43-44-45-47-49-51-53-55-57-59-61-63-65-67-73(81)78-70(69-85-77-76(84)75(83)74(82)72(68-79)86-77)71(80)66-64-62-60-58-56-54-52-50-48-46-26-24-22-20-18-16-14-12-10-8-6-4-2/h21,23,70-72,74-77,79-80,82-84H,3-20,22,24-69H2,1-2H3,(H,78,81)/b23-21-. The lowest BCUT2D eigenvalue weighted by Crippen LogP contribution is -2.60. The van der Waals surface area contributed by atoms with Crippen molar-refractivity contribution in [3.05, 3.63) is 12.2 Å². The molecule has 9 heteroatoms. The molecule has 0 aliphatic carbocycles. The zero-order valence-electron chi connectivity index (χ0n) is 57.6. The molecule has 1 fully saturated rings. The van der Waals surface area contributed by atoms with Crippen molar-refractivity contribution in [3.63, 3.8) is 0 Å². The van der Waals surface area contributed by atoms with E-state index in [-0.39, 0.29) is 12.5 Å². The lowest BCUT2D eigenvalue weighted by molar-refractivity contribution is -0.302. The Balaban J connectivity index is 2.01. The van der Waals surface area contributed by atoms with Crippen LogP contribution in [0.5, 0.6) is 0 Å². The van der Waals surface area contributed by atoms with Crippen molar-refractivity contribution in [1.29, 1.82) is 0 Å². The summed E-state index contributed by atoms with van der Waals surface area (Å²) in [5.74, 6) is -0.133. The third-order valence-electron chi connectivity index (χ3n) is 19.1. The van der Waals surface area contributed by atoms with Gasteiger partial charge in [0.05, 0.1) is 25.4 Å². The van der Waals surface area contributed by atoms with Gasteiger partial charge in [0.15, 0.2) is 6.29 Å². The van der Waals surface area contributed by atoms with E-state index in [2.05, 4.69) is 31.3 Å². The maximum atomic E-state index is 13.2. The molecule has 512 valence electrons. The van der Waals surface area contributed by atoms with Crippen LogP contribution in [0.25, 0.3) is 0 Å². The molecule has 1 rings (SSSR count). The first-order chi connectivity index (χ1) is 42.3. The molecule has 1 aliphatic rings. The minimum atomic E-state index is -1.55. The average molecular weight is 1220 g/mol. The van der Waals surface area contributed by atoms with Gasteiger partial charge < -0.3 is 40.3 Å². The van der Waals surface area contributed by atoms with Gasteiger partial charge in [-0.05, 0) is 38.5 Å². The molecule has 9 nitrogen and oxygen atoms in total. The predicted octanol–water partition coefficient (Wildman–Crippen LogP) is 21.8. The molecule has 0 aromatic rings. The molecule has 0 spiro atoms. The van der Waals surface area contributed by atoms with Crippen molar-refractivity contribution in [3.8, 4) is 0 Å². The lowest BCUT2D eigenvalue weighted by atomic mass is 9.99. The summed E-state index contributed by atoms with van der Waals surface area (Å²) in [5, 5.41) is 55.0. The molecule has 86 heavy (non-hydrogen) atoms. The summed E-state index contributed by atoms with van der Waals surface area (Å²) in [7, 11) is 0. The van der Waals surface area contributed by atoms with Crippen LogP contribution in [0, 0.1) is 0 Å². The fraction of sp³-hybridized carbons (Fsp3) is 0.961. The molecule has 0 saturated carbocycles. The third kappa shape index (κ3) is 54.6. The Morgan fingerprint density at radius 3 is 0.942 bits per heavy atom. The van der Waals surface area contributed by atoms with E-state index < -0.39 is 49.5 Å². The maximum Gasteiger partial charge on any atom is 0.220 e. The van der Waals surface area contributed by atoms with Crippen molar-refractivity contribution >= 4 is 5.91 Å². The van der Waals surface area contributed by atoms with Crippen LogP contribution in [0.2, 0.25) is 0 Å². The molecule has 7 atom stereocenters. The molecule has 6 N–H and O–H groups in total. The number of carbonyl (C=O) groups is 1. The summed E-state index contributed by atoms with van der Waals surface area (Å²) in [4.78, 5) is 13.2. The van der Waals surface area contributed by atoms with Crippen molar-refractivity contribution in [1.82, 2.24) is 5.32 Å². The van der Waals surface area contributed by atoms with E-state index in [1.54, 1.807) is 0 Å². The lowest BCUT2D eigenvalue weighted by Gasteiger charge is -2.40. The number of ether oxygens (including phenoxy) is 2. The van der Waals surface area contributed by atoms with Crippen molar-refractivity contribution < 1.29 is 39.8 Å². The summed E-state index contributed by atoms with van der Waals surface area (Å²) in [6.45, 7) is 3.91. The minimum Gasteiger partial charge on any atom is -0.394 e. The zero-order chi connectivity index (χ0) is 62.1. The van der Waals surface area contributed by atoms with Gasteiger partial charge in [-0.15, -0.1) is 0 Å². The van der Waals surface area contributed by atoms with Crippen LogP contribution in [0.15, 0.2) is 12.2 Å². The highest BCUT2D eigenvalue weighted by molar-refractivity contribution is 5.76. The first-order valence-electron chi connectivity index (χ1n) is 38.9. The Kier molecular flexibility index (Phi) is 64.5. The summed E-state index contributed by atoms with van der Waals surface area (Å²) < 4.78 is 11.4. The molecule has 0 radical (unpaired) electrons. The molecule has 7 unspecified atom stereocenters. The molecule has 0 aromatic carbocycles. The number of aliphatic hydroxyl groups is 5. The quantitative estimate of drug-likeness (QED) is 0.0261. The third-order valence-corrected chi connectivity index (χ3v) is 19.1. The largest absolute Gasteiger partial charge is 0.394 e. The smallest absolute Gasteiger partial charge is 0.220 e. The normalized spacial score (nSPS) is 18.0. The monoisotopic (exact) mass is 1220 g/mol. The second kappa shape index (κ2) is 66.8. The van der Waals surface area contributed by atoms with Gasteiger partial charge in [0.1, 0.15) is 24.4 Å². The van der Waals surface area contributed by atoms with Crippen LogP contribution in [-0.4, -0.2) is 87.5 Å². The highest BCUT2D eigenvalue weighted by Gasteiger charge is 2.44. The van der Waals surface area contributed by atoms with Gasteiger partial charge >= 0.3 is 0 Å². The summed E-state index contributed by atoms with van der Waals surface area (Å²) in [5.41, 5.74) is 0. The van der Waals surface area contributed by atoms with E-state index in [4.69, 9.17) is 9.47 Å². The Labute approximate surface area is 535 Å². The fourth-order valence-corrected chi connectivity index (χ4v) is 13.0. The molecule has 1 saturated heterocycles. The first kappa shape index (κ1) is 82.9. The Bertz CT molecular complexity index is 1360. The van der Waals surface area contributed by atoms with E-state index >= 15 is 0 Å². The fourth-order valence-electron chi connectivity index (χ4n) is 13.0. The molecule has 1 amide bonds. The van der Waals surface area contributed by atoms with Crippen LogP contribution in [0.3, 0.4) is 0 Å². The molecule has 0 aromatic heterocycles. The first-order valence-corrected chi connectivity index (χ1v) is 38.9. The number of amides is 1. The number of nitrogens with one attached hydrogen (secondary N) is 1. The van der Waals surface area contributed by atoms with Gasteiger partial charge in [-0.1, -0.05) is 386 Å². The number of hydrogen-bond donors (Lipinski definition) is 6. The molecular weight excluding hydrogens is 1070 g/mol. The second-order valence-electron chi connectivity index (χ2n) is 27.5. The maximum absolute atomic E-state index is 13.2. The van der Waals surface area contributed by atoms with E-state index in [1.165, 1.54) is 353 Å². The number of unbranched alkanes of at least 4 members (excludes halogenated alkanes) is 58. The summed E-state index contributed by atoms with van der Waals surface area (Å²) in [6, 6.07) is -0.716. The van der Waals surface area contributed by atoms with Gasteiger partial charge in [0, 0.05) is 6.42 Å². The number of hydrogen-bond acceptors (Lipinski definition) is 8. The van der Waals surface area contributed by atoms with Crippen LogP contribution >= 0.6 is 0 Å². The Morgan fingerprint density at radius 1 is 0.384 bits per heavy atom. The van der Waals surface area contributed by atoms with Gasteiger partial charge in [-0.2, -0.15) is 0 Å². The minimum absolute atomic E-state index is 0.131. The Hall–Kier alpha value is -1.07. The highest BCUT2D eigenvalue weighted by atomic mass is 16.7. The van der Waals surface area contributed by atoms with Gasteiger partial charge in [0.25, 0.3) is 0 Å². The topological polar surface area (TPSA) is 149 Å². The van der Waals surface area contributed by atoms with E-state index in [1.807, 2.05) is 0 Å². The number of carbonyl (C=O) groups excluding carboxylic acids is 1. The molecule has 0 bridgehead atoms. The number of aliphatic hydroxyl groups excluding tert-OH is 5. The summed E-state index contributed by atoms with van der Waals surface area (Å²) in [6.07, 6.45) is 80.4. The van der Waals surface area contributed by atoms with Gasteiger partial charge in [-0.3, -0.25) is 4.79 Å². The molecule has 1 heterocycles. The van der Waals surface area contributed by atoms with Crippen LogP contribution in [0.4, 0.5) is 0 Å². The van der Waals surface area contributed by atoms with Crippen molar-refractivity contribution in [2.45, 2.75) is 461 Å². The second-order valence-corrected chi connectivity index (χ2v) is 27.5. The number of allylic oxidation sites excluding steroid dienone is 2. The molecule has 1 aliphatic heterocycles. The van der Waals surface area contributed by atoms with E-state index in [0.717, 1.165) is 38.5 Å². The molecular formula is C77H151NO8. The Morgan fingerprint density at radius 2 is 0.651 bits per heavy atom. The van der Waals surface area contributed by atoms with Gasteiger partial charge in [0.2, 0.25) is 5.91 Å². The SMILES string of the molecule is CCCCCCCCCC/C=C\CCCCCCCCCCCCCCCCCCCCCCCCCCCCCCCC(=O)NC(COC1OC(CO)C(O)C(O)C1O)C(O)CCCCCCCCCCCCCCCCCCCCCCCC. The van der Waals surface area contributed by atoms with Crippen molar-refractivity contribution in [2.24, 2.45) is 0 Å². The van der Waals surface area contributed by atoms with Gasteiger partial charge in [-0.25, -0.2) is 0 Å². The van der Waals surface area contributed by atoms with Crippen LogP contribution in [0.1, 0.15) is 418 Å². The zero-order valence-corrected chi connectivity index (χ0v) is 57.6. The number of rotatable bonds is 70. The highest BCUT2D eigenvalue weighted by Crippen LogP contribution is 2.24. The van der Waals surface area contributed by atoms with E-state index in [0.29, 0.717) is 12.8 Å². The van der Waals surface area contributed by atoms with E-state index in [9.17, 15) is 30.3 Å². The predicted molar refractivity (Wildman–Crippen MR) is 369 cm³/mol. The van der Waals surface area contributed by atoms with Crippen molar-refractivity contribution in [2.75, 3.05) is 13.2 Å².